The maximum absolute atomic E-state index is 12.7. The average Bonchev–Trinajstić information content (AvgIpc) is 3.00. The van der Waals surface area contributed by atoms with Crippen molar-refractivity contribution < 1.29 is 14.3 Å². The number of carbonyl (C=O) groups excluding carboxylic acids is 2. The van der Waals surface area contributed by atoms with E-state index in [9.17, 15) is 9.59 Å². The Morgan fingerprint density at radius 1 is 1.19 bits per heavy atom. The molecule has 0 saturated carbocycles. The van der Waals surface area contributed by atoms with Crippen LogP contribution in [-0.4, -0.2) is 24.7 Å². The number of nitrogens with one attached hydrogen (secondary N) is 1. The van der Waals surface area contributed by atoms with Crippen LogP contribution in [-0.2, 0) is 23.3 Å². The van der Waals surface area contributed by atoms with E-state index in [0.29, 0.717) is 22.7 Å². The number of fused-ring (bicyclic) bond motifs is 1. The first-order valence-corrected chi connectivity index (χ1v) is 11.1. The summed E-state index contributed by atoms with van der Waals surface area (Å²) in [6.07, 6.45) is 6.08. The molecule has 0 unspecified atom stereocenters. The second-order valence-corrected chi connectivity index (χ2v) is 8.19. The van der Waals surface area contributed by atoms with Crippen LogP contribution in [0.4, 0.5) is 5.00 Å². The first kappa shape index (κ1) is 19.0. The van der Waals surface area contributed by atoms with Gasteiger partial charge >= 0.3 is 5.97 Å². The molecule has 3 rings (SSSR count). The Morgan fingerprint density at radius 2 is 1.92 bits per heavy atom. The van der Waals surface area contributed by atoms with Gasteiger partial charge in [-0.1, -0.05) is 12.1 Å². The SMILES string of the molecule is CCOC(=O)c1c(NC(=O)c2ccc(CSC)cc2)sc2c1CCCC2. The fourth-order valence-corrected chi connectivity index (χ4v) is 4.97. The van der Waals surface area contributed by atoms with E-state index in [0.717, 1.165) is 37.0 Å². The number of amides is 1. The van der Waals surface area contributed by atoms with Crippen molar-refractivity contribution in [3.05, 3.63) is 51.4 Å². The Hall–Kier alpha value is -1.79. The van der Waals surface area contributed by atoms with Crippen LogP contribution in [0.15, 0.2) is 24.3 Å². The normalized spacial score (nSPS) is 13.2. The summed E-state index contributed by atoms with van der Waals surface area (Å²) in [5.41, 5.74) is 3.40. The van der Waals surface area contributed by atoms with Crippen molar-refractivity contribution in [2.45, 2.75) is 38.4 Å². The van der Waals surface area contributed by atoms with Gasteiger partial charge in [0.15, 0.2) is 0 Å². The lowest BCUT2D eigenvalue weighted by Crippen LogP contribution is -2.15. The van der Waals surface area contributed by atoms with Gasteiger partial charge in [0, 0.05) is 16.2 Å². The average molecular weight is 390 g/mol. The summed E-state index contributed by atoms with van der Waals surface area (Å²) in [6.45, 7) is 2.12. The van der Waals surface area contributed by atoms with E-state index >= 15 is 0 Å². The highest BCUT2D eigenvalue weighted by atomic mass is 32.2. The second kappa shape index (κ2) is 8.73. The van der Waals surface area contributed by atoms with Gasteiger partial charge in [-0.25, -0.2) is 4.79 Å². The molecule has 1 N–H and O–H groups in total. The van der Waals surface area contributed by atoms with Crippen LogP contribution in [0.5, 0.6) is 0 Å². The van der Waals surface area contributed by atoms with Crippen LogP contribution < -0.4 is 5.32 Å². The molecular formula is C20H23NO3S2. The van der Waals surface area contributed by atoms with E-state index in [1.54, 1.807) is 18.7 Å². The van der Waals surface area contributed by atoms with Crippen LogP contribution >= 0.6 is 23.1 Å². The minimum Gasteiger partial charge on any atom is -0.462 e. The molecule has 1 heterocycles. The summed E-state index contributed by atoms with van der Waals surface area (Å²) in [5, 5.41) is 3.57. The van der Waals surface area contributed by atoms with Crippen molar-refractivity contribution in [2.24, 2.45) is 0 Å². The number of hydrogen-bond acceptors (Lipinski definition) is 5. The molecule has 1 aromatic carbocycles. The first-order chi connectivity index (χ1) is 12.6. The fraction of sp³-hybridized carbons (Fsp3) is 0.400. The predicted octanol–water partition coefficient (Wildman–Crippen LogP) is 4.92. The third-order valence-electron chi connectivity index (χ3n) is 4.41. The third kappa shape index (κ3) is 4.13. The lowest BCUT2D eigenvalue weighted by Gasteiger charge is -2.12. The predicted molar refractivity (Wildman–Crippen MR) is 109 cm³/mol. The molecule has 138 valence electrons. The zero-order valence-corrected chi connectivity index (χ0v) is 16.7. The number of esters is 1. The number of thiophene rings is 1. The van der Waals surface area contributed by atoms with Gasteiger partial charge in [0.25, 0.3) is 5.91 Å². The van der Waals surface area contributed by atoms with E-state index in [2.05, 4.69) is 11.6 Å². The number of thioether (sulfide) groups is 1. The molecule has 0 bridgehead atoms. The van der Waals surface area contributed by atoms with Gasteiger partial charge in [0.2, 0.25) is 0 Å². The molecule has 0 saturated heterocycles. The summed E-state index contributed by atoms with van der Waals surface area (Å²) in [4.78, 5) is 26.3. The van der Waals surface area contributed by atoms with Gasteiger partial charge < -0.3 is 10.1 Å². The zero-order chi connectivity index (χ0) is 18.5. The Kier molecular flexibility index (Phi) is 6.38. The van der Waals surface area contributed by atoms with Crippen LogP contribution in [0.2, 0.25) is 0 Å². The molecule has 0 aliphatic heterocycles. The molecule has 1 aliphatic rings. The highest BCUT2D eigenvalue weighted by molar-refractivity contribution is 7.97. The van der Waals surface area contributed by atoms with Gasteiger partial charge in [0.05, 0.1) is 12.2 Å². The zero-order valence-electron chi connectivity index (χ0n) is 15.1. The number of aryl methyl sites for hydroxylation is 1. The molecule has 4 nitrogen and oxygen atoms in total. The van der Waals surface area contributed by atoms with E-state index in [4.69, 9.17) is 4.74 Å². The van der Waals surface area contributed by atoms with Crippen LogP contribution in [0.1, 0.15) is 56.5 Å². The quantitative estimate of drug-likeness (QED) is 0.713. The lowest BCUT2D eigenvalue weighted by molar-refractivity contribution is 0.0526. The highest BCUT2D eigenvalue weighted by Crippen LogP contribution is 2.38. The number of benzene rings is 1. The highest BCUT2D eigenvalue weighted by Gasteiger charge is 2.27. The molecule has 1 amide bonds. The van der Waals surface area contributed by atoms with Gasteiger partial charge in [0.1, 0.15) is 5.00 Å². The lowest BCUT2D eigenvalue weighted by atomic mass is 9.95. The number of rotatable bonds is 6. The monoisotopic (exact) mass is 389 g/mol. The number of carbonyl (C=O) groups is 2. The molecule has 1 aromatic heterocycles. The third-order valence-corrected chi connectivity index (χ3v) is 6.23. The maximum atomic E-state index is 12.7. The molecule has 0 atom stereocenters. The van der Waals surface area contributed by atoms with Crippen molar-refractivity contribution in [1.82, 2.24) is 0 Å². The first-order valence-electron chi connectivity index (χ1n) is 8.85. The van der Waals surface area contributed by atoms with Crippen molar-refractivity contribution in [1.29, 1.82) is 0 Å². The summed E-state index contributed by atoms with van der Waals surface area (Å²) in [5.74, 6) is 0.398. The van der Waals surface area contributed by atoms with Crippen LogP contribution in [0, 0.1) is 0 Å². The maximum Gasteiger partial charge on any atom is 0.341 e. The Bertz CT molecular complexity index is 796. The van der Waals surface area contributed by atoms with E-state index in [1.807, 2.05) is 24.3 Å². The number of anilines is 1. The molecule has 26 heavy (non-hydrogen) atoms. The van der Waals surface area contributed by atoms with Crippen LogP contribution in [0.3, 0.4) is 0 Å². The molecule has 6 heteroatoms. The summed E-state index contributed by atoms with van der Waals surface area (Å²) >= 11 is 3.26. The molecular weight excluding hydrogens is 366 g/mol. The summed E-state index contributed by atoms with van der Waals surface area (Å²) in [6, 6.07) is 7.60. The number of hydrogen-bond donors (Lipinski definition) is 1. The van der Waals surface area contributed by atoms with E-state index in [1.165, 1.54) is 21.8 Å². The Morgan fingerprint density at radius 3 is 2.62 bits per heavy atom. The Balaban J connectivity index is 1.85. The van der Waals surface area contributed by atoms with Crippen LogP contribution in [0.25, 0.3) is 0 Å². The smallest absolute Gasteiger partial charge is 0.341 e. The van der Waals surface area contributed by atoms with Crippen molar-refractivity contribution in [3.8, 4) is 0 Å². The largest absolute Gasteiger partial charge is 0.462 e. The van der Waals surface area contributed by atoms with E-state index < -0.39 is 0 Å². The fourth-order valence-electron chi connectivity index (χ4n) is 3.17. The van der Waals surface area contributed by atoms with Gasteiger partial charge in [-0.3, -0.25) is 4.79 Å². The summed E-state index contributed by atoms with van der Waals surface area (Å²) in [7, 11) is 0. The van der Waals surface area contributed by atoms with Crippen molar-refractivity contribution >= 4 is 40.0 Å². The number of ether oxygens (including phenoxy) is 1. The molecule has 0 spiro atoms. The van der Waals surface area contributed by atoms with Crippen molar-refractivity contribution in [3.63, 3.8) is 0 Å². The molecule has 2 aromatic rings. The standard InChI is InChI=1S/C20H23NO3S2/c1-3-24-20(23)17-15-6-4-5-7-16(15)26-19(17)21-18(22)14-10-8-13(9-11-14)12-25-2/h8-11H,3-7,12H2,1-2H3,(H,21,22). The minimum atomic E-state index is -0.336. The van der Waals surface area contributed by atoms with Gasteiger partial charge in [-0.2, -0.15) is 11.8 Å². The molecule has 0 radical (unpaired) electrons. The Labute approximate surface area is 162 Å². The molecule has 0 fully saturated rings. The van der Waals surface area contributed by atoms with Crippen molar-refractivity contribution in [2.75, 3.05) is 18.2 Å². The minimum absolute atomic E-state index is 0.190. The molecule has 1 aliphatic carbocycles. The van der Waals surface area contributed by atoms with E-state index in [-0.39, 0.29) is 11.9 Å². The topological polar surface area (TPSA) is 55.4 Å². The summed E-state index contributed by atoms with van der Waals surface area (Å²) < 4.78 is 5.24. The second-order valence-electron chi connectivity index (χ2n) is 6.22. The van der Waals surface area contributed by atoms with Gasteiger partial charge in [-0.15, -0.1) is 11.3 Å². The van der Waals surface area contributed by atoms with Gasteiger partial charge in [-0.05, 0) is 62.1 Å².